The zero-order valence-corrected chi connectivity index (χ0v) is 19.9. The zero-order chi connectivity index (χ0) is 23.4. The molecule has 3 heterocycles. The number of ether oxygens (including phenoxy) is 1. The fourth-order valence-electron chi connectivity index (χ4n) is 4.49. The number of aromatic nitrogens is 1. The van der Waals surface area contributed by atoms with Gasteiger partial charge in [0, 0.05) is 29.8 Å². The number of aliphatic carboxylic acids is 1. The van der Waals surface area contributed by atoms with Gasteiger partial charge in [0.15, 0.2) is 0 Å². The Morgan fingerprint density at radius 1 is 1.42 bits per heavy atom. The maximum Gasteiger partial charge on any atom is 0.308 e. The molecule has 0 amide bonds. The van der Waals surface area contributed by atoms with Crippen molar-refractivity contribution in [2.24, 2.45) is 11.8 Å². The molecule has 0 bridgehead atoms. The molecule has 0 aliphatic carbocycles. The summed E-state index contributed by atoms with van der Waals surface area (Å²) in [4.78, 5) is 18.3. The number of hydrogen-bond acceptors (Lipinski definition) is 7. The Hall–Kier alpha value is -2.20. The third-order valence-corrected chi connectivity index (χ3v) is 8.34. The summed E-state index contributed by atoms with van der Waals surface area (Å²) in [5, 5.41) is 23.4. The van der Waals surface area contributed by atoms with Gasteiger partial charge in [-0.25, -0.2) is 4.39 Å². The van der Waals surface area contributed by atoms with Crippen molar-refractivity contribution in [3.63, 3.8) is 0 Å². The van der Waals surface area contributed by atoms with Crippen LogP contribution in [0.2, 0.25) is 0 Å². The molecule has 1 saturated heterocycles. The van der Waals surface area contributed by atoms with E-state index in [-0.39, 0.29) is 17.9 Å². The van der Waals surface area contributed by atoms with Crippen LogP contribution in [0.4, 0.5) is 4.39 Å². The molecule has 1 aromatic carbocycles. The second kappa shape index (κ2) is 10.8. The molecule has 1 fully saturated rings. The standard InChI is InChI=1S/C24H27FN2O4S2/c1-31-16-4-5-20-17(12-16)23(19(25)13-26-20)21(28)11-15-6-7-27(14-18(15)24(29)30)8-10-33-22-3-2-9-32-22/h2-5,9,12-13,15,18,21,28H,6-8,10-11,14H2,1H3,(H,29,30)/t15-,18-,21-/m0/s1. The van der Waals surface area contributed by atoms with Crippen LogP contribution in [-0.2, 0) is 4.79 Å². The number of halogens is 1. The van der Waals surface area contributed by atoms with Gasteiger partial charge in [-0.1, -0.05) is 6.07 Å². The molecule has 0 radical (unpaired) electrons. The van der Waals surface area contributed by atoms with Crippen molar-refractivity contribution >= 4 is 40.0 Å². The average molecular weight is 491 g/mol. The third kappa shape index (κ3) is 5.66. The summed E-state index contributed by atoms with van der Waals surface area (Å²) in [6, 6.07) is 9.22. The molecule has 9 heteroatoms. The van der Waals surface area contributed by atoms with E-state index in [1.807, 2.05) is 11.4 Å². The van der Waals surface area contributed by atoms with Crippen molar-refractivity contribution in [1.82, 2.24) is 9.88 Å². The summed E-state index contributed by atoms with van der Waals surface area (Å²) in [7, 11) is 1.52. The second-order valence-electron chi connectivity index (χ2n) is 8.23. The van der Waals surface area contributed by atoms with Gasteiger partial charge in [-0.15, -0.1) is 23.1 Å². The zero-order valence-electron chi connectivity index (χ0n) is 18.3. The van der Waals surface area contributed by atoms with E-state index in [1.165, 1.54) is 11.3 Å². The summed E-state index contributed by atoms with van der Waals surface area (Å²) < 4.78 is 21.2. The SMILES string of the molecule is COc1ccc2ncc(F)c([C@@H](O)C[C@@H]3CCN(CCSc4cccs4)C[C@@H]3C(=O)O)c2c1. The Kier molecular flexibility index (Phi) is 7.85. The molecule has 4 rings (SSSR count). The van der Waals surface area contributed by atoms with Crippen LogP contribution in [0, 0.1) is 17.7 Å². The number of carboxylic acids is 1. The van der Waals surface area contributed by atoms with E-state index < -0.39 is 23.8 Å². The van der Waals surface area contributed by atoms with E-state index in [4.69, 9.17) is 4.74 Å². The summed E-state index contributed by atoms with van der Waals surface area (Å²) in [6.07, 6.45) is 0.805. The number of carbonyl (C=O) groups is 1. The lowest BCUT2D eigenvalue weighted by atomic mass is 9.80. The molecule has 33 heavy (non-hydrogen) atoms. The van der Waals surface area contributed by atoms with E-state index in [0.717, 1.165) is 25.0 Å². The number of hydrogen-bond donors (Lipinski definition) is 2. The highest BCUT2D eigenvalue weighted by Crippen LogP contribution is 2.36. The maximum absolute atomic E-state index is 14.7. The van der Waals surface area contributed by atoms with E-state index >= 15 is 0 Å². The Bertz CT molecular complexity index is 1100. The number of aliphatic hydroxyl groups is 1. The van der Waals surface area contributed by atoms with Crippen LogP contribution < -0.4 is 4.74 Å². The molecule has 3 atom stereocenters. The Balaban J connectivity index is 1.45. The molecule has 2 aromatic heterocycles. The Morgan fingerprint density at radius 2 is 2.27 bits per heavy atom. The van der Waals surface area contributed by atoms with Crippen molar-refractivity contribution in [3.8, 4) is 5.75 Å². The Morgan fingerprint density at radius 3 is 3.00 bits per heavy atom. The van der Waals surface area contributed by atoms with Crippen LogP contribution in [0.5, 0.6) is 5.75 Å². The molecule has 1 aliphatic heterocycles. The van der Waals surface area contributed by atoms with Crippen molar-refractivity contribution in [1.29, 1.82) is 0 Å². The van der Waals surface area contributed by atoms with E-state index in [0.29, 0.717) is 29.6 Å². The average Bonchev–Trinajstić information content (AvgIpc) is 3.32. The highest BCUT2D eigenvalue weighted by Gasteiger charge is 2.36. The number of fused-ring (bicyclic) bond motifs is 1. The number of nitrogens with zero attached hydrogens (tertiary/aromatic N) is 2. The van der Waals surface area contributed by atoms with Crippen LogP contribution in [0.15, 0.2) is 46.1 Å². The van der Waals surface area contributed by atoms with Gasteiger partial charge in [0.2, 0.25) is 0 Å². The minimum Gasteiger partial charge on any atom is -0.497 e. The predicted molar refractivity (Wildman–Crippen MR) is 129 cm³/mol. The first kappa shape index (κ1) is 23.9. The topological polar surface area (TPSA) is 82.9 Å². The first-order valence-electron chi connectivity index (χ1n) is 10.9. The largest absolute Gasteiger partial charge is 0.497 e. The van der Waals surface area contributed by atoms with Gasteiger partial charge in [-0.05, 0) is 54.9 Å². The maximum atomic E-state index is 14.7. The quantitative estimate of drug-likeness (QED) is 0.421. The molecule has 0 unspecified atom stereocenters. The minimum atomic E-state index is -1.13. The van der Waals surface area contributed by atoms with Crippen LogP contribution in [0.1, 0.15) is 24.5 Å². The van der Waals surface area contributed by atoms with Gasteiger partial charge < -0.3 is 19.8 Å². The van der Waals surface area contributed by atoms with Crippen molar-refractivity contribution < 1.29 is 24.1 Å². The first-order chi connectivity index (χ1) is 16.0. The van der Waals surface area contributed by atoms with Gasteiger partial charge in [0.25, 0.3) is 0 Å². The van der Waals surface area contributed by atoms with Crippen LogP contribution in [0.25, 0.3) is 10.9 Å². The molecule has 176 valence electrons. The van der Waals surface area contributed by atoms with Gasteiger partial charge in [0.1, 0.15) is 11.6 Å². The van der Waals surface area contributed by atoms with Crippen molar-refractivity contribution in [2.75, 3.05) is 32.5 Å². The molecule has 0 saturated carbocycles. The minimum absolute atomic E-state index is 0.151. The molecule has 0 spiro atoms. The fourth-order valence-corrected chi connectivity index (χ4v) is 6.35. The number of rotatable bonds is 9. The highest BCUT2D eigenvalue weighted by molar-refractivity contribution is 8.01. The number of aliphatic hydroxyl groups excluding tert-OH is 1. The fraction of sp³-hybridized carbons (Fsp3) is 0.417. The number of carboxylic acid groups (broad SMARTS) is 1. The lowest BCUT2D eigenvalue weighted by Gasteiger charge is -2.37. The molecule has 2 N–H and O–H groups in total. The van der Waals surface area contributed by atoms with Crippen LogP contribution >= 0.6 is 23.1 Å². The van der Waals surface area contributed by atoms with Gasteiger partial charge >= 0.3 is 5.97 Å². The predicted octanol–water partition coefficient (Wildman–Crippen LogP) is 4.68. The van der Waals surface area contributed by atoms with Gasteiger partial charge in [-0.3, -0.25) is 9.78 Å². The molecule has 1 aliphatic rings. The van der Waals surface area contributed by atoms with E-state index in [2.05, 4.69) is 16.0 Å². The van der Waals surface area contributed by atoms with Crippen LogP contribution in [0.3, 0.4) is 0 Å². The van der Waals surface area contributed by atoms with E-state index in [1.54, 1.807) is 41.3 Å². The van der Waals surface area contributed by atoms with Gasteiger partial charge in [0.05, 0.1) is 35.1 Å². The number of thioether (sulfide) groups is 1. The summed E-state index contributed by atoms with van der Waals surface area (Å²) in [5.41, 5.74) is 0.705. The molecular formula is C24H27FN2O4S2. The number of methoxy groups -OCH3 is 1. The summed E-state index contributed by atoms with van der Waals surface area (Å²) in [5.74, 6) is -0.878. The van der Waals surface area contributed by atoms with Crippen LogP contribution in [-0.4, -0.2) is 58.6 Å². The highest BCUT2D eigenvalue weighted by atomic mass is 32.2. The summed E-state index contributed by atoms with van der Waals surface area (Å²) in [6.45, 7) is 2.01. The lowest BCUT2D eigenvalue weighted by Crippen LogP contribution is -2.45. The normalized spacial score (nSPS) is 20.1. The number of benzene rings is 1. The monoisotopic (exact) mass is 490 g/mol. The number of likely N-dealkylation sites (tertiary alicyclic amines) is 1. The first-order valence-corrected chi connectivity index (χ1v) is 12.7. The third-order valence-electron chi connectivity index (χ3n) is 6.23. The summed E-state index contributed by atoms with van der Waals surface area (Å²) >= 11 is 3.48. The number of piperidine rings is 1. The van der Waals surface area contributed by atoms with Crippen molar-refractivity contribution in [3.05, 3.63) is 53.3 Å². The number of thiophene rings is 1. The van der Waals surface area contributed by atoms with E-state index in [9.17, 15) is 19.4 Å². The molecular weight excluding hydrogens is 463 g/mol. The molecule has 3 aromatic rings. The second-order valence-corrected chi connectivity index (χ2v) is 10.6. The number of pyridine rings is 1. The Labute approximate surface area is 200 Å². The molecule has 6 nitrogen and oxygen atoms in total. The smallest absolute Gasteiger partial charge is 0.308 e. The van der Waals surface area contributed by atoms with Gasteiger partial charge in [-0.2, -0.15) is 0 Å². The lowest BCUT2D eigenvalue weighted by molar-refractivity contribution is -0.146. The van der Waals surface area contributed by atoms with Crippen molar-refractivity contribution in [2.45, 2.75) is 23.2 Å².